The number of hydrogen-bond acceptors (Lipinski definition) is 4. The lowest BCUT2D eigenvalue weighted by molar-refractivity contribution is 0.652. The minimum Gasteiger partial charge on any atom is -0.439 e. The van der Waals surface area contributed by atoms with Gasteiger partial charge in [-0.05, 0) is 102 Å². The number of para-hydroxylation sites is 5. The van der Waals surface area contributed by atoms with E-state index in [4.69, 9.17) is 4.42 Å². The van der Waals surface area contributed by atoms with E-state index in [-0.39, 0.29) is 0 Å². The Morgan fingerprint density at radius 3 is 1.55 bits per heavy atom. The maximum Gasteiger partial charge on any atom is 0.214 e. The van der Waals surface area contributed by atoms with Gasteiger partial charge in [-0.25, -0.2) is 0 Å². The SMILES string of the molecule is c1ccc(N(c2ccccc2)c2ccc3cc4c(cc3c2)sc2c4c3cccc4c5c6cc(N(c7ccccc7)c7ccccc7)ccc6oc5n2c43)cc1. The molecule has 4 aromatic heterocycles. The Bertz CT molecular complexity index is 3290. The predicted octanol–water partition coefficient (Wildman–Crippen LogP) is 14.9. The Labute approximate surface area is 320 Å². The van der Waals surface area contributed by atoms with Crippen LogP contribution in [0.1, 0.15) is 0 Å². The van der Waals surface area contributed by atoms with Crippen molar-refractivity contribution < 1.29 is 4.42 Å². The molecule has 0 bridgehead atoms. The third-order valence-electron chi connectivity index (χ3n) is 11.0. The standard InChI is InChI=1S/C50H31N3OS/c1-5-14-34(15-6-1)51(35-16-7-2-8-17-35)38-25-24-32-29-43-45(30-33(32)28-38)55-50-47(43)41-23-13-22-40-46-42-31-39(26-27-44(42)54-49(46)53(50)48(40)41)52(36-18-9-3-10-19-36)37-20-11-4-12-21-37/h1-31H. The summed E-state index contributed by atoms with van der Waals surface area (Å²) >= 11 is 1.85. The zero-order valence-electron chi connectivity index (χ0n) is 29.6. The lowest BCUT2D eigenvalue weighted by atomic mass is 10.0. The van der Waals surface area contributed by atoms with Gasteiger partial charge in [0.15, 0.2) is 0 Å². The van der Waals surface area contributed by atoms with E-state index in [0.717, 1.165) is 56.2 Å². The first kappa shape index (κ1) is 30.4. The molecule has 0 spiro atoms. The van der Waals surface area contributed by atoms with Crippen molar-refractivity contribution in [1.29, 1.82) is 0 Å². The summed E-state index contributed by atoms with van der Waals surface area (Å²) in [5, 5.41) is 9.79. The molecule has 0 fully saturated rings. The fourth-order valence-electron chi connectivity index (χ4n) is 8.69. The minimum absolute atomic E-state index is 0.889. The topological polar surface area (TPSA) is 24.0 Å². The molecule has 4 nitrogen and oxygen atoms in total. The van der Waals surface area contributed by atoms with Crippen molar-refractivity contribution in [1.82, 2.24) is 4.40 Å². The van der Waals surface area contributed by atoms with E-state index in [1.807, 2.05) is 11.3 Å². The van der Waals surface area contributed by atoms with Crippen molar-refractivity contribution in [3.63, 3.8) is 0 Å². The summed E-state index contributed by atoms with van der Waals surface area (Å²) in [4.78, 5) is 5.86. The van der Waals surface area contributed by atoms with Crippen LogP contribution >= 0.6 is 11.3 Å². The Hall–Kier alpha value is -7.08. The Morgan fingerprint density at radius 1 is 0.400 bits per heavy atom. The van der Waals surface area contributed by atoms with Gasteiger partial charge in [-0.3, -0.25) is 4.40 Å². The van der Waals surface area contributed by atoms with Gasteiger partial charge in [-0.1, -0.05) is 97.1 Å². The van der Waals surface area contributed by atoms with Gasteiger partial charge in [0.25, 0.3) is 0 Å². The van der Waals surface area contributed by atoms with Gasteiger partial charge >= 0.3 is 0 Å². The molecule has 0 atom stereocenters. The highest BCUT2D eigenvalue weighted by molar-refractivity contribution is 7.25. The second-order valence-electron chi connectivity index (χ2n) is 14.2. The summed E-state index contributed by atoms with van der Waals surface area (Å²) in [5.41, 5.74) is 9.73. The molecule has 0 aliphatic carbocycles. The number of nitrogens with zero attached hydrogens (tertiary/aromatic N) is 3. The van der Waals surface area contributed by atoms with Crippen LogP contribution in [0, 0.1) is 0 Å². The summed E-state index contributed by atoms with van der Waals surface area (Å²) in [6.07, 6.45) is 0. The average Bonchev–Trinajstić information content (AvgIpc) is 3.97. The molecule has 0 radical (unpaired) electrons. The molecule has 0 amide bonds. The lowest BCUT2D eigenvalue weighted by Crippen LogP contribution is -2.09. The quantitative estimate of drug-likeness (QED) is 0.171. The molecule has 8 aromatic carbocycles. The number of benzene rings is 8. The zero-order chi connectivity index (χ0) is 36.0. The van der Waals surface area contributed by atoms with Crippen LogP contribution in [0.15, 0.2) is 192 Å². The zero-order valence-corrected chi connectivity index (χ0v) is 30.4. The molecule has 0 aliphatic rings. The molecule has 4 heterocycles. The first-order valence-electron chi connectivity index (χ1n) is 18.6. The van der Waals surface area contributed by atoms with Crippen molar-refractivity contribution >= 4 is 115 Å². The van der Waals surface area contributed by atoms with E-state index >= 15 is 0 Å². The summed E-state index contributed by atoms with van der Waals surface area (Å²) in [6.45, 7) is 0. The van der Waals surface area contributed by atoms with Gasteiger partial charge in [0.05, 0.1) is 10.9 Å². The smallest absolute Gasteiger partial charge is 0.214 e. The highest BCUT2D eigenvalue weighted by Gasteiger charge is 2.26. The second kappa shape index (κ2) is 11.7. The molecule has 55 heavy (non-hydrogen) atoms. The van der Waals surface area contributed by atoms with Gasteiger partial charge in [0.1, 0.15) is 10.4 Å². The molecule has 0 N–H and O–H groups in total. The lowest BCUT2D eigenvalue weighted by Gasteiger charge is -2.25. The molecule has 0 unspecified atom stereocenters. The molecule has 0 aliphatic heterocycles. The van der Waals surface area contributed by atoms with Crippen molar-refractivity contribution in [3.05, 3.63) is 188 Å². The molecule has 5 heteroatoms. The minimum atomic E-state index is 0.889. The largest absolute Gasteiger partial charge is 0.439 e. The normalized spacial score (nSPS) is 12.0. The summed E-state index contributed by atoms with van der Waals surface area (Å²) in [7, 11) is 0. The Morgan fingerprint density at radius 2 is 0.945 bits per heavy atom. The molecule has 0 saturated heterocycles. The maximum atomic E-state index is 6.84. The van der Waals surface area contributed by atoms with Crippen LogP contribution in [-0.4, -0.2) is 4.40 Å². The number of hydrogen-bond donors (Lipinski definition) is 0. The molecule has 258 valence electrons. The number of furan rings is 1. The number of rotatable bonds is 6. The highest BCUT2D eigenvalue weighted by atomic mass is 32.1. The van der Waals surface area contributed by atoms with Gasteiger partial charge in [0.2, 0.25) is 5.71 Å². The van der Waals surface area contributed by atoms with Gasteiger partial charge < -0.3 is 14.2 Å². The average molecular weight is 722 g/mol. The number of anilines is 6. The van der Waals surface area contributed by atoms with E-state index in [1.54, 1.807) is 0 Å². The Kier molecular flexibility index (Phi) is 6.47. The number of aromatic nitrogens is 1. The summed E-state index contributed by atoms with van der Waals surface area (Å²) < 4.78 is 10.5. The first-order valence-corrected chi connectivity index (χ1v) is 19.4. The van der Waals surface area contributed by atoms with Gasteiger partial charge in [-0.2, -0.15) is 0 Å². The molecular weight excluding hydrogens is 691 g/mol. The Balaban J connectivity index is 1.06. The summed E-state index contributed by atoms with van der Waals surface area (Å²) in [5.74, 6) is 0. The third-order valence-corrected chi connectivity index (χ3v) is 12.2. The van der Waals surface area contributed by atoms with E-state index < -0.39 is 0 Å². The van der Waals surface area contributed by atoms with Gasteiger partial charge in [0, 0.05) is 65.8 Å². The van der Waals surface area contributed by atoms with Crippen molar-refractivity contribution in [2.24, 2.45) is 0 Å². The number of fused-ring (bicyclic) bond motifs is 11. The number of thiophene rings is 1. The van der Waals surface area contributed by atoms with E-state index in [9.17, 15) is 0 Å². The molecular formula is C50H31N3OS. The third kappa shape index (κ3) is 4.51. The first-order chi connectivity index (χ1) is 27.3. The van der Waals surface area contributed by atoms with Crippen LogP contribution in [0.5, 0.6) is 0 Å². The fraction of sp³-hybridized carbons (Fsp3) is 0. The van der Waals surface area contributed by atoms with Crippen LogP contribution in [0.4, 0.5) is 34.1 Å². The van der Waals surface area contributed by atoms with E-state index in [1.165, 1.54) is 47.4 Å². The predicted molar refractivity (Wildman–Crippen MR) is 233 cm³/mol. The maximum absolute atomic E-state index is 6.84. The highest BCUT2D eigenvalue weighted by Crippen LogP contribution is 2.49. The summed E-state index contributed by atoms with van der Waals surface area (Å²) in [6, 6.07) is 67.3. The van der Waals surface area contributed by atoms with E-state index in [0.29, 0.717) is 0 Å². The van der Waals surface area contributed by atoms with Crippen molar-refractivity contribution in [2.45, 2.75) is 0 Å². The second-order valence-corrected chi connectivity index (χ2v) is 15.2. The monoisotopic (exact) mass is 721 g/mol. The molecule has 12 aromatic rings. The molecule has 0 saturated carbocycles. The molecule has 12 rings (SSSR count). The van der Waals surface area contributed by atoms with E-state index in [2.05, 4.69) is 202 Å². The van der Waals surface area contributed by atoms with Crippen molar-refractivity contribution in [2.75, 3.05) is 9.80 Å². The van der Waals surface area contributed by atoms with Crippen LogP contribution in [0.2, 0.25) is 0 Å². The van der Waals surface area contributed by atoms with Crippen molar-refractivity contribution in [3.8, 4) is 0 Å². The van der Waals surface area contributed by atoms with Crippen LogP contribution in [0.25, 0.3) is 69.4 Å². The van der Waals surface area contributed by atoms with Gasteiger partial charge in [-0.15, -0.1) is 11.3 Å². The van der Waals surface area contributed by atoms with Crippen LogP contribution in [-0.2, 0) is 0 Å². The van der Waals surface area contributed by atoms with Crippen LogP contribution in [0.3, 0.4) is 0 Å². The fourth-order valence-corrected chi connectivity index (χ4v) is 9.94. The van der Waals surface area contributed by atoms with Crippen LogP contribution < -0.4 is 9.80 Å².